The summed E-state index contributed by atoms with van der Waals surface area (Å²) >= 11 is 9.50. The molecule has 0 bridgehead atoms. The van der Waals surface area contributed by atoms with Gasteiger partial charge in [-0.05, 0) is 42.5 Å². The molecular weight excluding hydrogens is 512 g/mol. The molecule has 4 heterocycles. The van der Waals surface area contributed by atoms with E-state index in [0.717, 1.165) is 46.3 Å². The van der Waals surface area contributed by atoms with Gasteiger partial charge >= 0.3 is 0 Å². The van der Waals surface area contributed by atoms with Gasteiger partial charge in [-0.3, -0.25) is 4.79 Å². The lowest BCUT2D eigenvalue weighted by Crippen LogP contribution is -2.36. The smallest absolute Gasteiger partial charge is 0.250 e. The molecule has 0 unspecified atom stereocenters. The second-order valence-corrected chi connectivity index (χ2v) is 11.0. The van der Waals surface area contributed by atoms with E-state index in [1.54, 1.807) is 35.7 Å². The van der Waals surface area contributed by atoms with Crippen LogP contribution in [0, 0.1) is 0 Å². The zero-order valence-corrected chi connectivity index (χ0v) is 21.7. The van der Waals surface area contributed by atoms with Crippen LogP contribution in [-0.2, 0) is 11.3 Å². The maximum Gasteiger partial charge on any atom is 0.250 e. The number of benzene rings is 2. The van der Waals surface area contributed by atoms with E-state index >= 15 is 0 Å². The molecule has 4 aromatic rings. The molecule has 0 radical (unpaired) electrons. The lowest BCUT2D eigenvalue weighted by molar-refractivity contribution is 0.122. The number of aromatic amines is 1. The third-order valence-corrected chi connectivity index (χ3v) is 8.90. The average molecular weight is 535 g/mol. The van der Waals surface area contributed by atoms with Crippen LogP contribution in [0.5, 0.6) is 0 Å². The predicted octanol–water partition coefficient (Wildman–Crippen LogP) is 6.15. The molecule has 0 atom stereocenters. The minimum absolute atomic E-state index is 0.0923. The Balaban J connectivity index is 1.26. The van der Waals surface area contributed by atoms with Crippen LogP contribution in [-0.4, -0.2) is 36.3 Å². The molecule has 36 heavy (non-hydrogen) atoms. The van der Waals surface area contributed by atoms with Gasteiger partial charge < -0.3 is 19.9 Å². The molecule has 0 amide bonds. The number of nitrogens with one attached hydrogen (secondary N) is 2. The quantitative estimate of drug-likeness (QED) is 0.262. The minimum Gasteiger partial charge on any atom is -0.379 e. The number of rotatable bonds is 5. The number of morpholine rings is 1. The van der Waals surface area contributed by atoms with Crippen molar-refractivity contribution in [3.05, 3.63) is 87.9 Å². The number of anilines is 2. The van der Waals surface area contributed by atoms with Gasteiger partial charge in [0.05, 0.1) is 31.1 Å². The average Bonchev–Trinajstić information content (AvgIpc) is 2.90. The number of nitrogens with zero attached hydrogens (tertiary/aromatic N) is 2. The first-order valence-corrected chi connectivity index (χ1v) is 13.7. The van der Waals surface area contributed by atoms with Crippen LogP contribution < -0.4 is 15.8 Å². The first-order chi connectivity index (χ1) is 17.6. The standard InChI is InChI=1S/C27H23ClN4O2S2/c28-25-6-1-3-18(30-25)16-29-17-7-8-22-24(13-17)35-23-5-2-4-20(27(23)36-22)21-14-19(15-26(33)31-21)32-9-11-34-12-10-32/h1-8,13-15,29H,9-12,16H2,(H,31,33). The van der Waals surface area contributed by atoms with Crippen molar-refractivity contribution in [2.45, 2.75) is 26.1 Å². The van der Waals surface area contributed by atoms with Crippen molar-refractivity contribution >= 4 is 46.5 Å². The molecular formula is C27H23ClN4O2S2. The van der Waals surface area contributed by atoms with E-state index in [0.29, 0.717) is 24.9 Å². The zero-order chi connectivity index (χ0) is 24.5. The Morgan fingerprint density at radius 3 is 2.69 bits per heavy atom. The lowest BCUT2D eigenvalue weighted by atomic mass is 10.1. The topological polar surface area (TPSA) is 70.2 Å². The number of aromatic nitrogens is 2. The Labute approximate surface area is 222 Å². The molecule has 1 saturated heterocycles. The number of ether oxygens (including phenoxy) is 1. The first-order valence-electron chi connectivity index (χ1n) is 11.7. The number of fused-ring (bicyclic) bond motifs is 2. The van der Waals surface area contributed by atoms with Crippen molar-refractivity contribution in [3.8, 4) is 11.3 Å². The normalized spacial score (nSPS) is 14.8. The van der Waals surface area contributed by atoms with Gasteiger partial charge in [-0.1, -0.05) is 53.3 Å². The number of H-pyrrole nitrogens is 1. The fourth-order valence-corrected chi connectivity index (χ4v) is 6.94. The highest BCUT2D eigenvalue weighted by atomic mass is 35.5. The van der Waals surface area contributed by atoms with Crippen molar-refractivity contribution in [2.75, 3.05) is 36.5 Å². The number of pyridine rings is 2. The summed E-state index contributed by atoms with van der Waals surface area (Å²) in [4.78, 5) is 26.9. The van der Waals surface area contributed by atoms with E-state index in [9.17, 15) is 4.79 Å². The molecule has 0 aliphatic carbocycles. The molecule has 6 rings (SSSR count). The van der Waals surface area contributed by atoms with E-state index < -0.39 is 0 Å². The predicted molar refractivity (Wildman–Crippen MR) is 147 cm³/mol. The van der Waals surface area contributed by atoms with Gasteiger partial charge in [0.2, 0.25) is 5.56 Å². The van der Waals surface area contributed by atoms with Crippen LogP contribution in [0.2, 0.25) is 5.15 Å². The maximum atomic E-state index is 12.6. The van der Waals surface area contributed by atoms with Crippen molar-refractivity contribution in [1.82, 2.24) is 9.97 Å². The Kier molecular flexibility index (Phi) is 6.67. The number of hydrogen-bond donors (Lipinski definition) is 2. The maximum absolute atomic E-state index is 12.6. The summed E-state index contributed by atoms with van der Waals surface area (Å²) in [6.07, 6.45) is 0. The molecule has 2 N–H and O–H groups in total. The fraction of sp³-hybridized carbons (Fsp3) is 0.185. The monoisotopic (exact) mass is 534 g/mol. The molecule has 0 spiro atoms. The first kappa shape index (κ1) is 23.5. The molecule has 1 fully saturated rings. The molecule has 2 aromatic carbocycles. The zero-order valence-electron chi connectivity index (χ0n) is 19.3. The highest BCUT2D eigenvalue weighted by Crippen LogP contribution is 2.52. The molecule has 6 nitrogen and oxygen atoms in total. The van der Waals surface area contributed by atoms with Gasteiger partial charge in [-0.15, -0.1) is 0 Å². The Morgan fingerprint density at radius 1 is 0.972 bits per heavy atom. The van der Waals surface area contributed by atoms with Gasteiger partial charge in [0, 0.05) is 55.7 Å². The van der Waals surface area contributed by atoms with Crippen LogP contribution >= 0.6 is 35.1 Å². The number of hydrogen-bond acceptors (Lipinski definition) is 7. The minimum atomic E-state index is -0.0923. The van der Waals surface area contributed by atoms with Gasteiger partial charge in [-0.2, -0.15) is 0 Å². The van der Waals surface area contributed by atoms with Crippen LogP contribution in [0.4, 0.5) is 11.4 Å². The molecule has 9 heteroatoms. The summed E-state index contributed by atoms with van der Waals surface area (Å²) in [5.74, 6) is 0. The highest BCUT2D eigenvalue weighted by Gasteiger charge is 2.22. The van der Waals surface area contributed by atoms with Gasteiger partial charge in [0.25, 0.3) is 0 Å². The van der Waals surface area contributed by atoms with Crippen LogP contribution in [0.25, 0.3) is 11.3 Å². The van der Waals surface area contributed by atoms with Gasteiger partial charge in [0.15, 0.2) is 0 Å². The summed E-state index contributed by atoms with van der Waals surface area (Å²) in [7, 11) is 0. The highest BCUT2D eigenvalue weighted by molar-refractivity contribution is 8.05. The number of halogens is 1. The molecule has 182 valence electrons. The van der Waals surface area contributed by atoms with Crippen molar-refractivity contribution in [2.24, 2.45) is 0 Å². The van der Waals surface area contributed by atoms with E-state index in [-0.39, 0.29) is 5.56 Å². The fourth-order valence-electron chi connectivity index (χ4n) is 4.34. The molecule has 2 aromatic heterocycles. The van der Waals surface area contributed by atoms with Gasteiger partial charge in [0.1, 0.15) is 5.15 Å². The summed E-state index contributed by atoms with van der Waals surface area (Å²) < 4.78 is 5.48. The Hall–Kier alpha value is -2.91. The van der Waals surface area contributed by atoms with E-state index in [1.165, 1.54) is 14.7 Å². The molecule has 2 aliphatic heterocycles. The SMILES string of the molecule is O=c1cc(N2CCOCC2)cc(-c2cccc3c2Sc2ccc(NCc4cccc(Cl)n4)cc2S3)[nH]1. The Bertz CT molecular complexity index is 1490. The molecule has 0 saturated carbocycles. The second-order valence-electron chi connectivity index (χ2n) is 8.52. The Morgan fingerprint density at radius 2 is 1.83 bits per heavy atom. The van der Waals surface area contributed by atoms with Crippen molar-refractivity contribution < 1.29 is 4.74 Å². The van der Waals surface area contributed by atoms with E-state index in [4.69, 9.17) is 16.3 Å². The van der Waals surface area contributed by atoms with Crippen LogP contribution in [0.15, 0.2) is 91.1 Å². The van der Waals surface area contributed by atoms with Crippen molar-refractivity contribution in [1.29, 1.82) is 0 Å². The third kappa shape index (κ3) is 4.99. The van der Waals surface area contributed by atoms with E-state index in [2.05, 4.69) is 62.6 Å². The summed E-state index contributed by atoms with van der Waals surface area (Å²) in [5, 5.41) is 3.94. The van der Waals surface area contributed by atoms with E-state index in [1.807, 2.05) is 12.1 Å². The van der Waals surface area contributed by atoms with Crippen LogP contribution in [0.3, 0.4) is 0 Å². The second kappa shape index (κ2) is 10.2. The third-order valence-electron chi connectivity index (χ3n) is 6.10. The summed E-state index contributed by atoms with van der Waals surface area (Å²) in [6, 6.07) is 22.1. The van der Waals surface area contributed by atoms with Gasteiger partial charge in [-0.25, -0.2) is 4.98 Å². The lowest BCUT2D eigenvalue weighted by Gasteiger charge is -2.29. The molecule has 2 aliphatic rings. The largest absolute Gasteiger partial charge is 0.379 e. The summed E-state index contributed by atoms with van der Waals surface area (Å²) in [5.41, 5.74) is 4.65. The van der Waals surface area contributed by atoms with Crippen molar-refractivity contribution in [3.63, 3.8) is 0 Å². The summed E-state index contributed by atoms with van der Waals surface area (Å²) in [6.45, 7) is 3.54. The van der Waals surface area contributed by atoms with Crippen LogP contribution in [0.1, 0.15) is 5.69 Å².